The summed E-state index contributed by atoms with van der Waals surface area (Å²) in [5.74, 6) is 0.0650. The van der Waals surface area contributed by atoms with Crippen LogP contribution in [-0.4, -0.2) is 16.7 Å². The van der Waals surface area contributed by atoms with E-state index in [9.17, 15) is 4.79 Å². The van der Waals surface area contributed by atoms with Crippen molar-refractivity contribution in [1.82, 2.24) is 4.98 Å². The van der Waals surface area contributed by atoms with Crippen molar-refractivity contribution in [3.63, 3.8) is 0 Å². The molecule has 0 N–H and O–H groups in total. The van der Waals surface area contributed by atoms with Crippen molar-refractivity contribution in [2.24, 2.45) is 0 Å². The molecule has 21 heavy (non-hydrogen) atoms. The van der Waals surface area contributed by atoms with Crippen LogP contribution in [0.25, 0.3) is 10.2 Å². The van der Waals surface area contributed by atoms with Crippen molar-refractivity contribution < 1.29 is 9.53 Å². The van der Waals surface area contributed by atoms with Gasteiger partial charge in [-0.3, -0.25) is 4.79 Å². The van der Waals surface area contributed by atoms with Gasteiger partial charge in [-0.05, 0) is 17.7 Å². The highest BCUT2D eigenvalue weighted by molar-refractivity contribution is 8.01. The summed E-state index contributed by atoms with van der Waals surface area (Å²) in [6.07, 6.45) is 0. The van der Waals surface area contributed by atoms with Crippen LogP contribution in [0.2, 0.25) is 0 Å². The number of esters is 1. The van der Waals surface area contributed by atoms with Crippen LogP contribution in [0.1, 0.15) is 5.56 Å². The average molecular weight is 315 g/mol. The van der Waals surface area contributed by atoms with E-state index in [0.29, 0.717) is 6.61 Å². The summed E-state index contributed by atoms with van der Waals surface area (Å²) >= 11 is 3.02. The second-order valence-corrected chi connectivity index (χ2v) is 6.64. The van der Waals surface area contributed by atoms with Crippen LogP contribution in [0.3, 0.4) is 0 Å². The number of nitrogens with zero attached hydrogens (tertiary/aromatic N) is 1. The monoisotopic (exact) mass is 315 g/mol. The Balaban J connectivity index is 1.51. The zero-order valence-electron chi connectivity index (χ0n) is 11.2. The van der Waals surface area contributed by atoms with Gasteiger partial charge in [0.25, 0.3) is 0 Å². The summed E-state index contributed by atoms with van der Waals surface area (Å²) in [5, 5.41) is 0. The fourth-order valence-corrected chi connectivity index (χ4v) is 3.68. The maximum atomic E-state index is 11.7. The van der Waals surface area contributed by atoms with E-state index in [2.05, 4.69) is 4.98 Å². The lowest BCUT2D eigenvalue weighted by atomic mass is 10.2. The van der Waals surface area contributed by atoms with E-state index in [0.717, 1.165) is 20.1 Å². The van der Waals surface area contributed by atoms with Crippen LogP contribution >= 0.6 is 23.1 Å². The topological polar surface area (TPSA) is 39.2 Å². The molecule has 0 amide bonds. The highest BCUT2D eigenvalue weighted by atomic mass is 32.2. The number of fused-ring (bicyclic) bond motifs is 1. The average Bonchev–Trinajstić information content (AvgIpc) is 2.95. The van der Waals surface area contributed by atoms with Crippen LogP contribution in [0, 0.1) is 0 Å². The maximum Gasteiger partial charge on any atom is 0.316 e. The van der Waals surface area contributed by atoms with E-state index >= 15 is 0 Å². The van der Waals surface area contributed by atoms with Gasteiger partial charge in [-0.2, -0.15) is 0 Å². The molecule has 0 aliphatic heterocycles. The Kier molecular flexibility index (Phi) is 4.52. The number of carbonyl (C=O) groups is 1. The zero-order valence-corrected chi connectivity index (χ0v) is 12.8. The molecular weight excluding hydrogens is 302 g/mol. The molecule has 0 saturated carbocycles. The van der Waals surface area contributed by atoms with Gasteiger partial charge < -0.3 is 4.74 Å². The predicted octanol–water partition coefficient (Wildman–Crippen LogP) is 4.13. The number of benzene rings is 2. The Labute approximate surface area is 131 Å². The van der Waals surface area contributed by atoms with Gasteiger partial charge in [0.05, 0.1) is 16.0 Å². The molecule has 0 atom stereocenters. The molecule has 0 saturated heterocycles. The number of rotatable bonds is 5. The molecule has 5 heteroatoms. The van der Waals surface area contributed by atoms with Crippen molar-refractivity contribution in [1.29, 1.82) is 0 Å². The van der Waals surface area contributed by atoms with Gasteiger partial charge in [-0.25, -0.2) is 4.98 Å². The molecule has 0 unspecified atom stereocenters. The van der Waals surface area contributed by atoms with Crippen LogP contribution < -0.4 is 0 Å². The lowest BCUT2D eigenvalue weighted by molar-refractivity contribution is -0.141. The number of hydrogen-bond donors (Lipinski definition) is 0. The van der Waals surface area contributed by atoms with E-state index in [1.807, 2.05) is 54.6 Å². The van der Waals surface area contributed by atoms with Gasteiger partial charge in [0.1, 0.15) is 6.61 Å². The second-order valence-electron chi connectivity index (χ2n) is 4.38. The molecule has 2 aromatic carbocycles. The minimum absolute atomic E-state index is 0.219. The predicted molar refractivity (Wildman–Crippen MR) is 86.6 cm³/mol. The summed E-state index contributed by atoms with van der Waals surface area (Å²) in [5.41, 5.74) is 1.97. The van der Waals surface area contributed by atoms with E-state index in [-0.39, 0.29) is 11.7 Å². The third-order valence-electron chi connectivity index (χ3n) is 2.83. The molecule has 0 fully saturated rings. The van der Waals surface area contributed by atoms with E-state index < -0.39 is 0 Å². The third-order valence-corrected chi connectivity index (χ3v) is 4.98. The number of thioether (sulfide) groups is 1. The molecule has 0 spiro atoms. The highest BCUT2D eigenvalue weighted by Gasteiger charge is 2.08. The molecule has 1 heterocycles. The Morgan fingerprint density at radius 1 is 1.10 bits per heavy atom. The van der Waals surface area contributed by atoms with Crippen LogP contribution in [-0.2, 0) is 16.1 Å². The molecule has 3 aromatic rings. The third kappa shape index (κ3) is 3.83. The Morgan fingerprint density at radius 3 is 2.67 bits per heavy atom. The Bertz CT molecular complexity index is 707. The van der Waals surface area contributed by atoms with Gasteiger partial charge in [-0.15, -0.1) is 11.3 Å². The maximum absolute atomic E-state index is 11.7. The molecule has 0 bridgehead atoms. The summed E-state index contributed by atoms with van der Waals surface area (Å²) in [4.78, 5) is 16.2. The first-order valence-corrected chi connectivity index (χ1v) is 8.29. The summed E-state index contributed by atoms with van der Waals surface area (Å²) < 4.78 is 7.27. The van der Waals surface area contributed by atoms with Gasteiger partial charge >= 0.3 is 5.97 Å². The second kappa shape index (κ2) is 6.74. The smallest absolute Gasteiger partial charge is 0.316 e. The number of hydrogen-bond acceptors (Lipinski definition) is 5. The molecule has 0 radical (unpaired) electrons. The Morgan fingerprint density at radius 2 is 1.86 bits per heavy atom. The summed E-state index contributed by atoms with van der Waals surface area (Å²) in [6, 6.07) is 17.6. The molecule has 3 nitrogen and oxygen atoms in total. The first-order valence-electron chi connectivity index (χ1n) is 6.49. The number of ether oxygens (including phenoxy) is 1. The zero-order chi connectivity index (χ0) is 14.5. The molecule has 0 aliphatic carbocycles. The molecule has 3 rings (SSSR count). The first-order chi connectivity index (χ1) is 10.3. The van der Waals surface area contributed by atoms with Crippen molar-refractivity contribution in [2.45, 2.75) is 10.9 Å². The summed E-state index contributed by atoms with van der Waals surface area (Å²) in [7, 11) is 0. The summed E-state index contributed by atoms with van der Waals surface area (Å²) in [6.45, 7) is 0.320. The number of para-hydroxylation sites is 1. The van der Waals surface area contributed by atoms with Crippen molar-refractivity contribution >= 4 is 39.3 Å². The van der Waals surface area contributed by atoms with Crippen molar-refractivity contribution in [3.8, 4) is 0 Å². The van der Waals surface area contributed by atoms with Crippen LogP contribution in [0.5, 0.6) is 0 Å². The fraction of sp³-hybridized carbons (Fsp3) is 0.125. The van der Waals surface area contributed by atoms with Crippen molar-refractivity contribution in [2.75, 3.05) is 5.75 Å². The number of aromatic nitrogens is 1. The van der Waals surface area contributed by atoms with E-state index in [1.165, 1.54) is 11.8 Å². The fourth-order valence-electron chi connectivity index (χ4n) is 1.81. The van der Waals surface area contributed by atoms with Crippen LogP contribution in [0.4, 0.5) is 0 Å². The molecule has 106 valence electrons. The molecular formula is C16H13NO2S2. The largest absolute Gasteiger partial charge is 0.460 e. The van der Waals surface area contributed by atoms with Gasteiger partial charge in [0, 0.05) is 0 Å². The van der Waals surface area contributed by atoms with Gasteiger partial charge in [0.15, 0.2) is 4.34 Å². The highest BCUT2D eigenvalue weighted by Crippen LogP contribution is 2.29. The van der Waals surface area contributed by atoms with Gasteiger partial charge in [-0.1, -0.05) is 54.2 Å². The lowest BCUT2D eigenvalue weighted by Crippen LogP contribution is -2.07. The standard InChI is InChI=1S/C16H13NO2S2/c18-15(19-10-12-6-2-1-3-7-12)11-20-16-17-13-8-4-5-9-14(13)21-16/h1-9H,10-11H2. The molecule has 1 aromatic heterocycles. The number of carbonyl (C=O) groups excluding carboxylic acids is 1. The quantitative estimate of drug-likeness (QED) is 0.524. The first kappa shape index (κ1) is 14.1. The van der Waals surface area contributed by atoms with E-state index in [4.69, 9.17) is 4.74 Å². The molecule has 0 aliphatic rings. The SMILES string of the molecule is O=C(CSc1nc2ccccc2s1)OCc1ccccc1. The van der Waals surface area contributed by atoms with Crippen molar-refractivity contribution in [3.05, 3.63) is 60.2 Å². The normalized spacial score (nSPS) is 10.7. The van der Waals surface area contributed by atoms with E-state index in [1.54, 1.807) is 11.3 Å². The number of thiazole rings is 1. The minimum Gasteiger partial charge on any atom is -0.460 e. The van der Waals surface area contributed by atoms with Gasteiger partial charge in [0.2, 0.25) is 0 Å². The minimum atomic E-state index is -0.219. The van der Waals surface area contributed by atoms with Crippen LogP contribution in [0.15, 0.2) is 58.9 Å². The lowest BCUT2D eigenvalue weighted by Gasteiger charge is -2.03. The Hall–Kier alpha value is -1.85.